The Morgan fingerprint density at radius 2 is 2.10 bits per heavy atom. The van der Waals surface area contributed by atoms with E-state index < -0.39 is 0 Å². The van der Waals surface area contributed by atoms with E-state index in [1.807, 2.05) is 0 Å². The lowest BCUT2D eigenvalue weighted by atomic mass is 9.96. The first kappa shape index (κ1) is 15.0. The summed E-state index contributed by atoms with van der Waals surface area (Å²) in [5.41, 5.74) is 1.44. The zero-order valence-electron chi connectivity index (χ0n) is 13.3. The van der Waals surface area contributed by atoms with Crippen LogP contribution in [0.1, 0.15) is 38.3 Å². The van der Waals surface area contributed by atoms with Crippen LogP contribution in [0.2, 0.25) is 0 Å². The van der Waals surface area contributed by atoms with Crippen molar-refractivity contribution >= 4 is 0 Å². The summed E-state index contributed by atoms with van der Waals surface area (Å²) in [4.78, 5) is 2.69. The van der Waals surface area contributed by atoms with E-state index in [2.05, 4.69) is 54.4 Å². The van der Waals surface area contributed by atoms with Crippen LogP contribution in [-0.4, -0.2) is 43.3 Å². The smallest absolute Gasteiger partial charge is 0.0588 e. The molecule has 2 heterocycles. The highest BCUT2D eigenvalue weighted by Crippen LogP contribution is 2.29. The molecule has 116 valence electrons. The van der Waals surface area contributed by atoms with Crippen molar-refractivity contribution in [2.24, 2.45) is 5.92 Å². The summed E-state index contributed by atoms with van der Waals surface area (Å²) in [5.74, 6) is 0.687. The van der Waals surface area contributed by atoms with Crippen molar-refractivity contribution in [1.29, 1.82) is 0 Å². The first-order chi connectivity index (χ1) is 10.3. The number of ether oxygens (including phenoxy) is 1. The van der Waals surface area contributed by atoms with Crippen molar-refractivity contribution in [3.8, 4) is 0 Å². The third kappa shape index (κ3) is 3.47. The summed E-state index contributed by atoms with van der Waals surface area (Å²) in [5, 5.41) is 3.71. The zero-order valence-corrected chi connectivity index (χ0v) is 13.3. The van der Waals surface area contributed by atoms with Gasteiger partial charge in [0, 0.05) is 38.3 Å². The van der Waals surface area contributed by atoms with E-state index in [4.69, 9.17) is 4.74 Å². The van der Waals surface area contributed by atoms with Gasteiger partial charge in [0.05, 0.1) is 6.10 Å². The van der Waals surface area contributed by atoms with E-state index in [1.165, 1.54) is 24.9 Å². The Balaban J connectivity index is 1.73. The molecule has 2 aliphatic rings. The molecular formula is C18H28N2O. The summed E-state index contributed by atoms with van der Waals surface area (Å²) in [7, 11) is 0. The SMILES string of the molecule is CCC1CN(CC2CCOC2C)C(c2ccccc2)CN1. The average molecular weight is 288 g/mol. The Bertz CT molecular complexity index is 436. The second-order valence-corrected chi connectivity index (χ2v) is 6.52. The van der Waals surface area contributed by atoms with Gasteiger partial charge in [-0.25, -0.2) is 0 Å². The number of nitrogens with zero attached hydrogens (tertiary/aromatic N) is 1. The first-order valence-corrected chi connectivity index (χ1v) is 8.42. The highest BCUT2D eigenvalue weighted by Gasteiger charge is 2.33. The zero-order chi connectivity index (χ0) is 14.7. The van der Waals surface area contributed by atoms with Gasteiger partial charge in [0.25, 0.3) is 0 Å². The molecule has 2 fully saturated rings. The molecule has 3 rings (SSSR count). The summed E-state index contributed by atoms with van der Waals surface area (Å²) in [6, 6.07) is 12.1. The van der Waals surface area contributed by atoms with Gasteiger partial charge in [0.15, 0.2) is 0 Å². The fourth-order valence-corrected chi connectivity index (χ4v) is 3.68. The van der Waals surface area contributed by atoms with Crippen molar-refractivity contribution in [1.82, 2.24) is 10.2 Å². The molecule has 0 aliphatic carbocycles. The minimum absolute atomic E-state index is 0.413. The highest BCUT2D eigenvalue weighted by molar-refractivity contribution is 5.20. The van der Waals surface area contributed by atoms with Crippen LogP contribution >= 0.6 is 0 Å². The summed E-state index contributed by atoms with van der Waals surface area (Å²) in [6.45, 7) is 8.82. The Morgan fingerprint density at radius 1 is 1.29 bits per heavy atom. The lowest BCUT2D eigenvalue weighted by Crippen LogP contribution is -2.53. The highest BCUT2D eigenvalue weighted by atomic mass is 16.5. The third-order valence-electron chi connectivity index (χ3n) is 5.17. The van der Waals surface area contributed by atoms with Crippen molar-refractivity contribution in [3.63, 3.8) is 0 Å². The van der Waals surface area contributed by atoms with Gasteiger partial charge in [-0.3, -0.25) is 4.90 Å². The largest absolute Gasteiger partial charge is 0.378 e. The fraction of sp³-hybridized carbons (Fsp3) is 0.667. The van der Waals surface area contributed by atoms with Gasteiger partial charge in [0.2, 0.25) is 0 Å². The molecule has 3 heteroatoms. The molecule has 1 aromatic rings. The number of hydrogen-bond donors (Lipinski definition) is 1. The van der Waals surface area contributed by atoms with Gasteiger partial charge >= 0.3 is 0 Å². The molecule has 4 unspecified atom stereocenters. The molecule has 0 spiro atoms. The lowest BCUT2D eigenvalue weighted by Gasteiger charge is -2.42. The van der Waals surface area contributed by atoms with Crippen LogP contribution < -0.4 is 5.32 Å². The number of rotatable bonds is 4. The molecular weight excluding hydrogens is 260 g/mol. The fourth-order valence-electron chi connectivity index (χ4n) is 3.68. The first-order valence-electron chi connectivity index (χ1n) is 8.42. The molecule has 0 radical (unpaired) electrons. The van der Waals surface area contributed by atoms with Crippen molar-refractivity contribution < 1.29 is 4.74 Å². The van der Waals surface area contributed by atoms with Crippen LogP contribution in [0, 0.1) is 5.92 Å². The molecule has 2 aliphatic heterocycles. The van der Waals surface area contributed by atoms with Crippen molar-refractivity contribution in [2.75, 3.05) is 26.2 Å². The van der Waals surface area contributed by atoms with Crippen LogP contribution in [0.15, 0.2) is 30.3 Å². The van der Waals surface area contributed by atoms with E-state index in [9.17, 15) is 0 Å². The van der Waals surface area contributed by atoms with Crippen LogP contribution in [-0.2, 0) is 4.74 Å². The molecule has 4 atom stereocenters. The second-order valence-electron chi connectivity index (χ2n) is 6.52. The maximum atomic E-state index is 5.76. The number of nitrogens with one attached hydrogen (secondary N) is 1. The molecule has 0 bridgehead atoms. The molecule has 2 saturated heterocycles. The van der Waals surface area contributed by atoms with Crippen LogP contribution in [0.4, 0.5) is 0 Å². The van der Waals surface area contributed by atoms with E-state index in [0.717, 1.165) is 19.7 Å². The average Bonchev–Trinajstić information content (AvgIpc) is 2.93. The van der Waals surface area contributed by atoms with Gasteiger partial charge in [-0.05, 0) is 31.2 Å². The van der Waals surface area contributed by atoms with Gasteiger partial charge in [-0.1, -0.05) is 37.3 Å². The minimum atomic E-state index is 0.413. The molecule has 0 aromatic heterocycles. The van der Waals surface area contributed by atoms with E-state index in [0.29, 0.717) is 24.1 Å². The Hall–Kier alpha value is -0.900. The molecule has 0 saturated carbocycles. The van der Waals surface area contributed by atoms with E-state index in [-0.39, 0.29) is 0 Å². The second kappa shape index (κ2) is 6.91. The van der Waals surface area contributed by atoms with Crippen LogP contribution in [0.5, 0.6) is 0 Å². The maximum absolute atomic E-state index is 5.76. The van der Waals surface area contributed by atoms with Crippen molar-refractivity contribution in [3.05, 3.63) is 35.9 Å². The predicted molar refractivity (Wildman–Crippen MR) is 86.4 cm³/mol. The maximum Gasteiger partial charge on any atom is 0.0588 e. The third-order valence-corrected chi connectivity index (χ3v) is 5.17. The topological polar surface area (TPSA) is 24.5 Å². The van der Waals surface area contributed by atoms with Gasteiger partial charge in [-0.15, -0.1) is 0 Å². The monoisotopic (exact) mass is 288 g/mol. The minimum Gasteiger partial charge on any atom is -0.378 e. The van der Waals surface area contributed by atoms with Gasteiger partial charge < -0.3 is 10.1 Å². The van der Waals surface area contributed by atoms with Gasteiger partial charge in [-0.2, -0.15) is 0 Å². The van der Waals surface area contributed by atoms with E-state index in [1.54, 1.807) is 0 Å². The van der Waals surface area contributed by atoms with Gasteiger partial charge in [0.1, 0.15) is 0 Å². The Kier molecular flexibility index (Phi) is 4.94. The lowest BCUT2D eigenvalue weighted by molar-refractivity contribution is 0.0666. The van der Waals surface area contributed by atoms with E-state index >= 15 is 0 Å². The summed E-state index contributed by atoms with van der Waals surface area (Å²) >= 11 is 0. The molecule has 3 nitrogen and oxygen atoms in total. The molecule has 21 heavy (non-hydrogen) atoms. The molecule has 0 amide bonds. The standard InChI is InChI=1S/C18H28N2O/c1-3-17-13-20(12-16-9-10-21-14(16)2)18(11-19-17)15-7-5-4-6-8-15/h4-8,14,16-19H,3,9-13H2,1-2H3. The van der Waals surface area contributed by atoms with Crippen molar-refractivity contribution in [2.45, 2.75) is 44.9 Å². The summed E-state index contributed by atoms with van der Waals surface area (Å²) in [6.07, 6.45) is 2.83. The predicted octanol–water partition coefficient (Wildman–Crippen LogP) is 2.84. The normalized spacial score (nSPS) is 34.2. The quantitative estimate of drug-likeness (QED) is 0.922. The molecule has 1 aromatic carbocycles. The Labute approximate surface area is 128 Å². The number of piperazine rings is 1. The number of benzene rings is 1. The number of hydrogen-bond acceptors (Lipinski definition) is 3. The Morgan fingerprint density at radius 3 is 2.76 bits per heavy atom. The molecule has 1 N–H and O–H groups in total. The van der Waals surface area contributed by atoms with Crippen LogP contribution in [0.3, 0.4) is 0 Å². The summed E-state index contributed by atoms with van der Waals surface area (Å²) < 4.78 is 5.76. The van der Waals surface area contributed by atoms with Crippen LogP contribution in [0.25, 0.3) is 0 Å².